The smallest absolute Gasteiger partial charge is 0.255 e. The lowest BCUT2D eigenvalue weighted by Crippen LogP contribution is -2.50. The van der Waals surface area contributed by atoms with Gasteiger partial charge in [0.05, 0.1) is 17.7 Å². The van der Waals surface area contributed by atoms with Crippen LogP contribution in [0.4, 0.5) is 4.39 Å². The van der Waals surface area contributed by atoms with Crippen LogP contribution in [0.15, 0.2) is 18.2 Å². The summed E-state index contributed by atoms with van der Waals surface area (Å²) in [5, 5.41) is 21.6. The summed E-state index contributed by atoms with van der Waals surface area (Å²) >= 11 is 0. The number of aromatic hydroxyl groups is 1. The topological polar surface area (TPSA) is 69.6 Å². The van der Waals surface area contributed by atoms with E-state index in [4.69, 9.17) is 0 Å². The number of aliphatic hydroxyl groups is 1. The Morgan fingerprint density at radius 3 is 2.78 bits per heavy atom. The van der Waals surface area contributed by atoms with Gasteiger partial charge in [0.15, 0.2) is 0 Å². The Balaban J connectivity index is 2.18. The van der Waals surface area contributed by atoms with Gasteiger partial charge in [0.25, 0.3) is 5.91 Å². The number of phenolic OH excluding ortho intramolecular Hbond substituents is 1. The van der Waals surface area contributed by atoms with Gasteiger partial charge < -0.3 is 15.5 Å². The summed E-state index contributed by atoms with van der Waals surface area (Å²) < 4.78 is 13.1. The highest BCUT2D eigenvalue weighted by atomic mass is 19.1. The normalized spacial score (nSPS) is 18.2. The molecule has 1 aromatic rings. The molecule has 5 heteroatoms. The van der Waals surface area contributed by atoms with Crippen molar-refractivity contribution in [1.82, 2.24) is 5.32 Å². The van der Waals surface area contributed by atoms with Crippen molar-refractivity contribution in [1.29, 1.82) is 0 Å². The minimum absolute atomic E-state index is 0.115. The van der Waals surface area contributed by atoms with Gasteiger partial charge in [-0.1, -0.05) is 0 Å². The molecule has 1 amide bonds. The zero-order valence-electron chi connectivity index (χ0n) is 10.1. The Morgan fingerprint density at radius 1 is 1.56 bits per heavy atom. The molecule has 0 aromatic heterocycles. The van der Waals surface area contributed by atoms with Gasteiger partial charge in [-0.2, -0.15) is 0 Å². The quantitative estimate of drug-likeness (QED) is 0.760. The average Bonchev–Trinajstić information content (AvgIpc) is 3.16. The summed E-state index contributed by atoms with van der Waals surface area (Å²) in [6.45, 7) is 1.57. The zero-order valence-corrected chi connectivity index (χ0v) is 10.1. The summed E-state index contributed by atoms with van der Waals surface area (Å²) in [5.74, 6) is -1.20. The number of carbonyl (C=O) groups is 1. The summed E-state index contributed by atoms with van der Waals surface area (Å²) in [5.41, 5.74) is -0.828. The number of aliphatic hydroxyl groups excluding tert-OH is 1. The van der Waals surface area contributed by atoms with Crippen molar-refractivity contribution in [2.24, 2.45) is 5.92 Å². The second-order valence-corrected chi connectivity index (χ2v) is 4.97. The van der Waals surface area contributed by atoms with Crippen LogP contribution in [-0.2, 0) is 0 Å². The van der Waals surface area contributed by atoms with Crippen LogP contribution in [0.5, 0.6) is 5.75 Å². The zero-order chi connectivity index (χ0) is 13.3. The van der Waals surface area contributed by atoms with Crippen LogP contribution >= 0.6 is 0 Å². The molecule has 1 aliphatic rings. The molecule has 0 aliphatic heterocycles. The highest BCUT2D eigenvalue weighted by Gasteiger charge is 2.42. The third kappa shape index (κ3) is 2.46. The molecule has 3 N–H and O–H groups in total. The lowest BCUT2D eigenvalue weighted by atomic mass is 9.96. The van der Waals surface area contributed by atoms with E-state index in [1.165, 1.54) is 0 Å². The maximum Gasteiger partial charge on any atom is 0.255 e. The first-order valence-electron chi connectivity index (χ1n) is 5.88. The third-order valence-corrected chi connectivity index (χ3v) is 3.41. The van der Waals surface area contributed by atoms with Gasteiger partial charge in [0.2, 0.25) is 0 Å². The van der Waals surface area contributed by atoms with Crippen molar-refractivity contribution in [2.75, 3.05) is 6.61 Å². The predicted molar refractivity (Wildman–Crippen MR) is 63.7 cm³/mol. The second-order valence-electron chi connectivity index (χ2n) is 4.97. The van der Waals surface area contributed by atoms with Crippen molar-refractivity contribution < 1.29 is 19.4 Å². The fraction of sp³-hybridized carbons (Fsp3) is 0.462. The Labute approximate surface area is 104 Å². The average molecular weight is 253 g/mol. The van der Waals surface area contributed by atoms with Crippen LogP contribution in [0.3, 0.4) is 0 Å². The SMILES string of the molecule is CC(CO)(NC(=O)c1cc(F)ccc1O)C1CC1. The molecule has 0 saturated heterocycles. The molecule has 0 spiro atoms. The number of hydrogen-bond acceptors (Lipinski definition) is 3. The molecular weight excluding hydrogens is 237 g/mol. The number of phenols is 1. The van der Waals surface area contributed by atoms with Crippen LogP contribution in [0.1, 0.15) is 30.1 Å². The molecule has 98 valence electrons. The van der Waals surface area contributed by atoms with Crippen molar-refractivity contribution >= 4 is 5.91 Å². The minimum Gasteiger partial charge on any atom is -0.507 e. The number of carbonyl (C=O) groups excluding carboxylic acids is 1. The van der Waals surface area contributed by atoms with Crippen LogP contribution < -0.4 is 5.32 Å². The first kappa shape index (κ1) is 12.8. The molecule has 0 bridgehead atoms. The molecule has 1 aromatic carbocycles. The maximum absolute atomic E-state index is 13.1. The van der Waals surface area contributed by atoms with Crippen molar-refractivity contribution in [3.63, 3.8) is 0 Å². The number of rotatable bonds is 4. The fourth-order valence-electron chi connectivity index (χ4n) is 2.01. The molecule has 4 nitrogen and oxygen atoms in total. The molecule has 1 unspecified atom stereocenters. The number of halogens is 1. The second kappa shape index (κ2) is 4.57. The molecule has 2 rings (SSSR count). The van der Waals surface area contributed by atoms with Gasteiger partial charge >= 0.3 is 0 Å². The molecule has 18 heavy (non-hydrogen) atoms. The van der Waals surface area contributed by atoms with E-state index < -0.39 is 17.3 Å². The highest BCUT2D eigenvalue weighted by molar-refractivity contribution is 5.97. The van der Waals surface area contributed by atoms with Gasteiger partial charge in [-0.15, -0.1) is 0 Å². The van der Waals surface area contributed by atoms with E-state index in [9.17, 15) is 19.4 Å². The highest BCUT2D eigenvalue weighted by Crippen LogP contribution is 2.39. The number of hydrogen-bond donors (Lipinski definition) is 3. The molecule has 1 saturated carbocycles. The lowest BCUT2D eigenvalue weighted by molar-refractivity contribution is 0.0821. The van der Waals surface area contributed by atoms with Crippen molar-refractivity contribution in [2.45, 2.75) is 25.3 Å². The summed E-state index contributed by atoms with van der Waals surface area (Å²) in [4.78, 5) is 12.0. The number of nitrogens with one attached hydrogen (secondary N) is 1. The van der Waals surface area contributed by atoms with E-state index in [1.807, 2.05) is 0 Å². The molecule has 0 radical (unpaired) electrons. The van der Waals surface area contributed by atoms with Gasteiger partial charge in [0.1, 0.15) is 11.6 Å². The standard InChI is InChI=1S/C13H16FNO3/c1-13(7-16,8-2-3-8)15-12(18)10-6-9(14)4-5-11(10)17/h4-6,8,16-17H,2-3,7H2,1H3,(H,15,18). The van der Waals surface area contributed by atoms with E-state index in [2.05, 4.69) is 5.32 Å². The van der Waals surface area contributed by atoms with E-state index in [0.717, 1.165) is 31.0 Å². The Kier molecular flexibility index (Phi) is 3.26. The Bertz CT molecular complexity index is 473. The van der Waals surface area contributed by atoms with Crippen LogP contribution in [0.25, 0.3) is 0 Å². The first-order valence-corrected chi connectivity index (χ1v) is 5.88. The number of benzene rings is 1. The van der Waals surface area contributed by atoms with Crippen LogP contribution in [-0.4, -0.2) is 28.3 Å². The number of amides is 1. The van der Waals surface area contributed by atoms with Gasteiger partial charge in [0, 0.05) is 0 Å². The monoisotopic (exact) mass is 253 g/mol. The van der Waals surface area contributed by atoms with Crippen molar-refractivity contribution in [3.05, 3.63) is 29.6 Å². The van der Waals surface area contributed by atoms with Crippen molar-refractivity contribution in [3.8, 4) is 5.75 Å². The summed E-state index contributed by atoms with van der Waals surface area (Å²) in [6.07, 6.45) is 1.90. The van der Waals surface area contributed by atoms with E-state index in [-0.39, 0.29) is 23.8 Å². The molecule has 1 fully saturated rings. The van der Waals surface area contributed by atoms with E-state index >= 15 is 0 Å². The molecule has 1 aliphatic carbocycles. The minimum atomic E-state index is -0.712. The van der Waals surface area contributed by atoms with Gasteiger partial charge in [-0.3, -0.25) is 4.79 Å². The summed E-state index contributed by atoms with van der Waals surface area (Å²) in [7, 11) is 0. The first-order chi connectivity index (χ1) is 8.46. The van der Waals surface area contributed by atoms with Crippen LogP contribution in [0, 0.1) is 11.7 Å². The lowest BCUT2D eigenvalue weighted by Gasteiger charge is -2.28. The van der Waals surface area contributed by atoms with Gasteiger partial charge in [-0.05, 0) is 43.9 Å². The molecule has 0 heterocycles. The predicted octanol–water partition coefficient (Wildman–Crippen LogP) is 1.42. The Hall–Kier alpha value is -1.62. The van der Waals surface area contributed by atoms with Crippen LogP contribution in [0.2, 0.25) is 0 Å². The van der Waals surface area contributed by atoms with E-state index in [0.29, 0.717) is 0 Å². The largest absolute Gasteiger partial charge is 0.507 e. The third-order valence-electron chi connectivity index (χ3n) is 3.41. The van der Waals surface area contributed by atoms with E-state index in [1.54, 1.807) is 6.92 Å². The molecule has 1 atom stereocenters. The Morgan fingerprint density at radius 2 is 2.22 bits per heavy atom. The maximum atomic E-state index is 13.1. The summed E-state index contributed by atoms with van der Waals surface area (Å²) in [6, 6.07) is 3.20. The molecular formula is C13H16FNO3. The van der Waals surface area contributed by atoms with Gasteiger partial charge in [-0.25, -0.2) is 4.39 Å². The fourth-order valence-corrected chi connectivity index (χ4v) is 2.01.